The fourth-order valence-electron chi connectivity index (χ4n) is 5.63. The Balaban J connectivity index is 1.28. The highest BCUT2D eigenvalue weighted by atomic mass is 16.5. The number of carbonyl (C=O) groups excluding carboxylic acids is 1. The number of benzene rings is 2. The highest BCUT2D eigenvalue weighted by Gasteiger charge is 2.27. The van der Waals surface area contributed by atoms with Gasteiger partial charge in [-0.2, -0.15) is 0 Å². The summed E-state index contributed by atoms with van der Waals surface area (Å²) in [6, 6.07) is 15.5. The zero-order chi connectivity index (χ0) is 26.8. The fraction of sp³-hybridized carbons (Fsp3) is 0.242. The maximum absolute atomic E-state index is 13.7. The summed E-state index contributed by atoms with van der Waals surface area (Å²) in [5, 5.41) is 0. The third-order valence-electron chi connectivity index (χ3n) is 7.52. The number of hydrogen-bond acceptors (Lipinski definition) is 4. The van der Waals surface area contributed by atoms with Crippen LogP contribution < -0.4 is 4.90 Å². The van der Waals surface area contributed by atoms with E-state index in [-0.39, 0.29) is 5.91 Å². The summed E-state index contributed by atoms with van der Waals surface area (Å²) >= 11 is 0. The Morgan fingerprint density at radius 2 is 1.85 bits per heavy atom. The maximum Gasteiger partial charge on any atom is 0.258 e. The second kappa shape index (κ2) is 10.7. The van der Waals surface area contributed by atoms with Crippen molar-refractivity contribution in [3.63, 3.8) is 0 Å². The van der Waals surface area contributed by atoms with Gasteiger partial charge in [-0.15, -0.1) is 0 Å². The molecule has 0 spiro atoms. The van der Waals surface area contributed by atoms with Crippen molar-refractivity contribution in [1.82, 2.24) is 9.97 Å². The number of fused-ring (bicyclic) bond motifs is 3. The number of ether oxygens (including phenoxy) is 1. The van der Waals surface area contributed by atoms with Gasteiger partial charge < -0.3 is 14.6 Å². The van der Waals surface area contributed by atoms with Gasteiger partial charge in [0.2, 0.25) is 5.90 Å². The van der Waals surface area contributed by atoms with Crippen LogP contribution in [0.3, 0.4) is 0 Å². The van der Waals surface area contributed by atoms with Gasteiger partial charge in [-0.3, -0.25) is 4.79 Å². The average molecular weight is 517 g/mol. The number of para-hydroxylation sites is 1. The Kier molecular flexibility index (Phi) is 6.84. The lowest BCUT2D eigenvalue weighted by atomic mass is 9.87. The zero-order valence-corrected chi connectivity index (χ0v) is 22.4. The van der Waals surface area contributed by atoms with Crippen molar-refractivity contribution in [3.8, 4) is 11.3 Å². The second-order valence-electron chi connectivity index (χ2n) is 10.0. The van der Waals surface area contributed by atoms with Gasteiger partial charge in [0.1, 0.15) is 5.82 Å². The molecular weight excluding hydrogens is 484 g/mol. The molecule has 2 heterocycles. The van der Waals surface area contributed by atoms with Crippen LogP contribution in [0.1, 0.15) is 47.6 Å². The number of aromatic amines is 1. The van der Waals surface area contributed by atoms with Crippen LogP contribution in [0.25, 0.3) is 11.3 Å². The molecular formula is C33H32N4O2. The van der Waals surface area contributed by atoms with E-state index in [2.05, 4.69) is 35.4 Å². The molecule has 6 heteroatoms. The van der Waals surface area contributed by atoms with Crippen LogP contribution in [0.15, 0.2) is 101 Å². The molecule has 0 unspecified atom stereocenters. The molecule has 0 bridgehead atoms. The Hall–Kier alpha value is -4.45. The van der Waals surface area contributed by atoms with Gasteiger partial charge in [0, 0.05) is 35.4 Å². The topological polar surface area (TPSA) is 70.6 Å². The van der Waals surface area contributed by atoms with Crippen LogP contribution in [0, 0.1) is 6.92 Å². The van der Waals surface area contributed by atoms with Crippen molar-refractivity contribution >= 4 is 23.2 Å². The van der Waals surface area contributed by atoms with Gasteiger partial charge in [0.25, 0.3) is 5.91 Å². The summed E-state index contributed by atoms with van der Waals surface area (Å²) in [5.74, 6) is 1.45. The van der Waals surface area contributed by atoms with Gasteiger partial charge in [0.05, 0.1) is 24.2 Å². The first kappa shape index (κ1) is 24.9. The molecule has 39 heavy (non-hydrogen) atoms. The molecule has 3 aliphatic rings. The van der Waals surface area contributed by atoms with E-state index in [0.717, 1.165) is 65.4 Å². The van der Waals surface area contributed by atoms with Crippen molar-refractivity contribution < 1.29 is 9.53 Å². The Bertz CT molecular complexity index is 1570. The molecule has 0 fully saturated rings. The van der Waals surface area contributed by atoms with E-state index in [1.165, 1.54) is 11.1 Å². The first-order valence-corrected chi connectivity index (χ1v) is 13.6. The van der Waals surface area contributed by atoms with Crippen LogP contribution >= 0.6 is 0 Å². The van der Waals surface area contributed by atoms with Crippen LogP contribution in [-0.2, 0) is 11.2 Å². The Morgan fingerprint density at radius 3 is 2.64 bits per heavy atom. The number of allylic oxidation sites excluding steroid dienone is 6. The highest BCUT2D eigenvalue weighted by molar-refractivity contribution is 6.08. The number of amides is 1. The predicted molar refractivity (Wildman–Crippen MR) is 157 cm³/mol. The lowest BCUT2D eigenvalue weighted by Crippen LogP contribution is -2.32. The minimum Gasteiger partial charge on any atom is -0.481 e. The molecule has 6 nitrogen and oxygen atoms in total. The molecule has 0 saturated carbocycles. The number of hydrogen-bond donors (Lipinski definition) is 1. The number of nitrogens with zero attached hydrogens (tertiary/aromatic N) is 3. The average Bonchev–Trinajstić information content (AvgIpc) is 3.29. The Labute approximate surface area is 229 Å². The maximum atomic E-state index is 13.7. The number of carbonyl (C=O) groups is 1. The molecule has 196 valence electrons. The Morgan fingerprint density at radius 1 is 1.03 bits per heavy atom. The van der Waals surface area contributed by atoms with Gasteiger partial charge in [0.15, 0.2) is 0 Å². The molecule has 2 aromatic carbocycles. The SMILES string of the molecule is COC(=Nc1ccc(C(=O)N2CCc3[nH]c(C)nc3-c3ccccc32)cc1)C1=C(C2=CC=CCC2)CCC=C1. The normalized spacial score (nSPS) is 16.9. The van der Waals surface area contributed by atoms with Crippen LogP contribution in [0.4, 0.5) is 11.4 Å². The summed E-state index contributed by atoms with van der Waals surface area (Å²) < 4.78 is 5.78. The number of rotatable bonds is 4. The molecule has 6 rings (SSSR count). The lowest BCUT2D eigenvalue weighted by molar-refractivity contribution is 0.0987. The minimum atomic E-state index is -0.0377. The van der Waals surface area contributed by atoms with Crippen molar-refractivity contribution in [3.05, 3.63) is 113 Å². The van der Waals surface area contributed by atoms with E-state index in [9.17, 15) is 4.79 Å². The van der Waals surface area contributed by atoms with Crippen molar-refractivity contribution in [2.45, 2.75) is 39.0 Å². The molecule has 1 amide bonds. The lowest BCUT2D eigenvalue weighted by Gasteiger charge is -2.23. The van der Waals surface area contributed by atoms with Gasteiger partial charge >= 0.3 is 0 Å². The molecule has 1 aromatic heterocycles. The monoisotopic (exact) mass is 516 g/mol. The molecule has 0 saturated heterocycles. The van der Waals surface area contributed by atoms with E-state index in [1.54, 1.807) is 7.11 Å². The first-order chi connectivity index (χ1) is 19.1. The smallest absolute Gasteiger partial charge is 0.258 e. The number of aromatic nitrogens is 2. The first-order valence-electron chi connectivity index (χ1n) is 13.6. The summed E-state index contributed by atoms with van der Waals surface area (Å²) in [6.45, 7) is 2.54. The molecule has 3 aromatic rings. The van der Waals surface area contributed by atoms with Crippen LogP contribution in [-0.4, -0.2) is 35.4 Å². The summed E-state index contributed by atoms with van der Waals surface area (Å²) in [6.07, 6.45) is 15.7. The number of H-pyrrole nitrogens is 1. The fourth-order valence-corrected chi connectivity index (χ4v) is 5.63. The van der Waals surface area contributed by atoms with E-state index >= 15 is 0 Å². The predicted octanol–water partition coefficient (Wildman–Crippen LogP) is 7.19. The zero-order valence-electron chi connectivity index (χ0n) is 22.4. The van der Waals surface area contributed by atoms with Gasteiger partial charge in [-0.05, 0) is 74.1 Å². The molecule has 1 aliphatic heterocycles. The summed E-state index contributed by atoms with van der Waals surface area (Å²) in [7, 11) is 1.67. The number of methoxy groups -OCH3 is 1. The van der Waals surface area contributed by atoms with Crippen molar-refractivity contribution in [1.29, 1.82) is 0 Å². The largest absolute Gasteiger partial charge is 0.481 e. The van der Waals surface area contributed by atoms with E-state index in [0.29, 0.717) is 24.4 Å². The summed E-state index contributed by atoms with van der Waals surface area (Å²) in [4.78, 5) is 28.5. The number of nitrogens with one attached hydrogen (secondary N) is 1. The van der Waals surface area contributed by atoms with Crippen LogP contribution in [0.2, 0.25) is 0 Å². The third kappa shape index (κ3) is 4.90. The minimum absolute atomic E-state index is 0.0377. The van der Waals surface area contributed by atoms with E-state index in [4.69, 9.17) is 14.7 Å². The quantitative estimate of drug-likeness (QED) is 0.295. The standard InChI is InChI=1S/C33H32N4O2/c1-22-34-29-20-21-37(30-15-9-8-14-28(30)31(29)35-22)33(38)24-16-18-25(19-17-24)36-32(39-2)27-13-7-6-12-26(27)23-10-4-3-5-11-23/h3-4,7-10,13-19H,5-6,11-12,20-21H2,1-2H3,(H,34,35). The number of anilines is 1. The molecule has 2 aliphatic carbocycles. The van der Waals surface area contributed by atoms with Gasteiger partial charge in [-0.25, -0.2) is 9.98 Å². The number of imidazole rings is 1. The van der Waals surface area contributed by atoms with Gasteiger partial charge in [-0.1, -0.05) is 48.6 Å². The van der Waals surface area contributed by atoms with Crippen molar-refractivity contribution in [2.24, 2.45) is 4.99 Å². The molecule has 1 N–H and O–H groups in total. The van der Waals surface area contributed by atoms with E-state index in [1.807, 2.05) is 60.4 Å². The van der Waals surface area contributed by atoms with Crippen molar-refractivity contribution in [2.75, 3.05) is 18.6 Å². The van der Waals surface area contributed by atoms with Crippen LogP contribution in [0.5, 0.6) is 0 Å². The second-order valence-corrected chi connectivity index (χ2v) is 10.0. The molecule has 0 radical (unpaired) electrons. The highest BCUT2D eigenvalue weighted by Crippen LogP contribution is 2.36. The summed E-state index contributed by atoms with van der Waals surface area (Å²) in [5.41, 5.74) is 8.93. The van der Waals surface area contributed by atoms with E-state index < -0.39 is 0 Å². The number of aliphatic imine (C=N–C) groups is 1. The molecule has 0 atom stereocenters. The third-order valence-corrected chi connectivity index (χ3v) is 7.52. The number of aryl methyl sites for hydroxylation is 1.